The summed E-state index contributed by atoms with van der Waals surface area (Å²) in [6.45, 7) is 13.2. The molecule has 0 aliphatic carbocycles. The number of aromatic nitrogens is 2. The predicted octanol–water partition coefficient (Wildman–Crippen LogP) is 3.55. The Morgan fingerprint density at radius 2 is 1.81 bits per heavy atom. The third-order valence-electron chi connectivity index (χ3n) is 7.24. The van der Waals surface area contributed by atoms with Crippen molar-refractivity contribution in [2.24, 2.45) is 5.92 Å². The molecule has 1 atom stereocenters. The SMILES string of the molecule is CCn1ncc(CN2CCC[C@@H](CCC(=O)N3CCN(Cc4ccccc4)CC3)C2)c1C. The van der Waals surface area contributed by atoms with Crippen molar-refractivity contribution in [2.75, 3.05) is 39.3 Å². The van der Waals surface area contributed by atoms with E-state index in [1.165, 1.54) is 29.7 Å². The van der Waals surface area contributed by atoms with E-state index in [1.54, 1.807) is 0 Å². The molecule has 1 aromatic carbocycles. The van der Waals surface area contributed by atoms with Crippen LogP contribution in [0, 0.1) is 12.8 Å². The van der Waals surface area contributed by atoms with Gasteiger partial charge in [-0.3, -0.25) is 19.3 Å². The van der Waals surface area contributed by atoms with Crippen LogP contribution in [0.3, 0.4) is 0 Å². The van der Waals surface area contributed by atoms with E-state index in [0.717, 1.165) is 65.3 Å². The molecule has 32 heavy (non-hydrogen) atoms. The van der Waals surface area contributed by atoms with Gasteiger partial charge in [-0.05, 0) is 51.1 Å². The maximum Gasteiger partial charge on any atom is 0.222 e. The zero-order valence-electron chi connectivity index (χ0n) is 19.9. The molecule has 2 fully saturated rings. The molecular formula is C26H39N5O. The average Bonchev–Trinajstić information content (AvgIpc) is 3.18. The van der Waals surface area contributed by atoms with Gasteiger partial charge in [0.2, 0.25) is 5.91 Å². The fourth-order valence-electron chi connectivity index (χ4n) is 5.21. The number of likely N-dealkylation sites (tertiary alicyclic amines) is 1. The Balaban J connectivity index is 1.18. The minimum atomic E-state index is 0.349. The number of piperidine rings is 1. The number of carbonyl (C=O) groups excluding carboxylic acids is 1. The number of rotatable bonds is 8. The van der Waals surface area contributed by atoms with Crippen LogP contribution in [-0.4, -0.2) is 69.7 Å². The molecule has 2 aliphatic rings. The smallest absolute Gasteiger partial charge is 0.222 e. The number of amides is 1. The molecule has 0 N–H and O–H groups in total. The highest BCUT2D eigenvalue weighted by atomic mass is 16.2. The minimum absolute atomic E-state index is 0.349. The van der Waals surface area contributed by atoms with E-state index >= 15 is 0 Å². The third-order valence-corrected chi connectivity index (χ3v) is 7.24. The second-order valence-electron chi connectivity index (χ2n) is 9.50. The van der Waals surface area contributed by atoms with Gasteiger partial charge in [-0.15, -0.1) is 0 Å². The predicted molar refractivity (Wildman–Crippen MR) is 128 cm³/mol. The van der Waals surface area contributed by atoms with Crippen LogP contribution in [0.2, 0.25) is 0 Å². The summed E-state index contributed by atoms with van der Waals surface area (Å²) in [7, 11) is 0. The minimum Gasteiger partial charge on any atom is -0.340 e. The fourth-order valence-corrected chi connectivity index (χ4v) is 5.21. The molecule has 2 aliphatic heterocycles. The number of nitrogens with zero attached hydrogens (tertiary/aromatic N) is 5. The number of piperazine rings is 1. The molecule has 3 heterocycles. The Kier molecular flexibility index (Phi) is 7.98. The Morgan fingerprint density at radius 3 is 2.53 bits per heavy atom. The lowest BCUT2D eigenvalue weighted by Crippen LogP contribution is -2.48. The van der Waals surface area contributed by atoms with Gasteiger partial charge in [0, 0.05) is 70.0 Å². The molecule has 0 saturated carbocycles. The lowest BCUT2D eigenvalue weighted by molar-refractivity contribution is -0.133. The van der Waals surface area contributed by atoms with Crippen molar-refractivity contribution in [1.82, 2.24) is 24.5 Å². The number of carbonyl (C=O) groups is 1. The Bertz CT molecular complexity index is 856. The first-order valence-corrected chi connectivity index (χ1v) is 12.4. The van der Waals surface area contributed by atoms with Gasteiger partial charge >= 0.3 is 0 Å². The number of benzene rings is 1. The van der Waals surface area contributed by atoms with Crippen molar-refractivity contribution >= 4 is 5.91 Å². The second kappa shape index (κ2) is 11.1. The van der Waals surface area contributed by atoms with Crippen LogP contribution in [0.15, 0.2) is 36.5 Å². The average molecular weight is 438 g/mol. The van der Waals surface area contributed by atoms with E-state index in [-0.39, 0.29) is 0 Å². The van der Waals surface area contributed by atoms with E-state index in [9.17, 15) is 4.79 Å². The summed E-state index contributed by atoms with van der Waals surface area (Å²) in [4.78, 5) is 19.9. The standard InChI is InChI=1S/C26H39N5O/c1-3-31-22(2)25(18-27-31)21-29-13-7-10-24(20-29)11-12-26(32)30-16-14-28(15-17-30)19-23-8-5-4-6-9-23/h4-6,8-9,18,24H,3,7,10-17,19-21H2,1-2H3/t24-/m0/s1. The molecule has 6 nitrogen and oxygen atoms in total. The highest BCUT2D eigenvalue weighted by Gasteiger charge is 2.25. The van der Waals surface area contributed by atoms with Crippen molar-refractivity contribution < 1.29 is 4.79 Å². The first-order chi connectivity index (χ1) is 15.6. The highest BCUT2D eigenvalue weighted by molar-refractivity contribution is 5.76. The lowest BCUT2D eigenvalue weighted by atomic mass is 9.93. The van der Waals surface area contributed by atoms with Gasteiger partial charge in [0.1, 0.15) is 0 Å². The van der Waals surface area contributed by atoms with Crippen LogP contribution in [0.25, 0.3) is 0 Å². The summed E-state index contributed by atoms with van der Waals surface area (Å²) in [5.74, 6) is 0.982. The summed E-state index contributed by atoms with van der Waals surface area (Å²) >= 11 is 0. The Labute approximate surface area is 193 Å². The van der Waals surface area contributed by atoms with Crippen LogP contribution < -0.4 is 0 Å². The molecule has 6 heteroatoms. The fraction of sp³-hybridized carbons (Fsp3) is 0.615. The molecule has 0 bridgehead atoms. The zero-order chi connectivity index (χ0) is 22.3. The second-order valence-corrected chi connectivity index (χ2v) is 9.50. The van der Waals surface area contributed by atoms with E-state index in [4.69, 9.17) is 0 Å². The topological polar surface area (TPSA) is 44.6 Å². The quantitative estimate of drug-likeness (QED) is 0.634. The summed E-state index contributed by atoms with van der Waals surface area (Å²) in [5.41, 5.74) is 3.99. The molecule has 1 amide bonds. The first-order valence-electron chi connectivity index (χ1n) is 12.4. The molecule has 2 saturated heterocycles. The van der Waals surface area contributed by atoms with Gasteiger partial charge in [0.05, 0.1) is 6.20 Å². The maximum absolute atomic E-state index is 12.8. The lowest BCUT2D eigenvalue weighted by Gasteiger charge is -2.36. The molecule has 174 valence electrons. The largest absolute Gasteiger partial charge is 0.340 e. The van der Waals surface area contributed by atoms with Crippen molar-refractivity contribution in [3.63, 3.8) is 0 Å². The van der Waals surface area contributed by atoms with Crippen LogP contribution in [0.1, 0.15) is 49.4 Å². The van der Waals surface area contributed by atoms with E-state index < -0.39 is 0 Å². The summed E-state index contributed by atoms with van der Waals surface area (Å²) in [6, 6.07) is 10.6. The molecule has 1 aromatic heterocycles. The van der Waals surface area contributed by atoms with Gasteiger partial charge in [-0.25, -0.2) is 0 Å². The summed E-state index contributed by atoms with van der Waals surface area (Å²) < 4.78 is 2.08. The van der Waals surface area contributed by atoms with Crippen LogP contribution in [-0.2, 0) is 24.4 Å². The van der Waals surface area contributed by atoms with Gasteiger partial charge in [-0.1, -0.05) is 30.3 Å². The van der Waals surface area contributed by atoms with E-state index in [1.807, 2.05) is 6.20 Å². The molecule has 0 spiro atoms. The van der Waals surface area contributed by atoms with Crippen molar-refractivity contribution in [3.05, 3.63) is 53.3 Å². The van der Waals surface area contributed by atoms with Gasteiger partial charge in [0.25, 0.3) is 0 Å². The molecular weight excluding hydrogens is 398 g/mol. The summed E-state index contributed by atoms with van der Waals surface area (Å²) in [6.07, 6.45) is 6.24. The van der Waals surface area contributed by atoms with Crippen molar-refractivity contribution in [1.29, 1.82) is 0 Å². The summed E-state index contributed by atoms with van der Waals surface area (Å²) in [5, 5.41) is 4.50. The number of aryl methyl sites for hydroxylation is 1. The maximum atomic E-state index is 12.8. The first kappa shape index (κ1) is 23.0. The number of hydrogen-bond acceptors (Lipinski definition) is 4. The number of hydrogen-bond donors (Lipinski definition) is 0. The Hall–Kier alpha value is -2.18. The third kappa shape index (κ3) is 5.99. The highest BCUT2D eigenvalue weighted by Crippen LogP contribution is 2.24. The van der Waals surface area contributed by atoms with Gasteiger partial charge in [0.15, 0.2) is 0 Å². The van der Waals surface area contributed by atoms with Crippen molar-refractivity contribution in [3.8, 4) is 0 Å². The van der Waals surface area contributed by atoms with E-state index in [0.29, 0.717) is 18.2 Å². The molecule has 4 rings (SSSR count). The van der Waals surface area contributed by atoms with E-state index in [2.05, 4.69) is 68.7 Å². The monoisotopic (exact) mass is 437 g/mol. The normalized spacial score (nSPS) is 20.6. The van der Waals surface area contributed by atoms with Gasteiger partial charge in [-0.2, -0.15) is 5.10 Å². The Morgan fingerprint density at radius 1 is 1.03 bits per heavy atom. The zero-order valence-corrected chi connectivity index (χ0v) is 19.9. The van der Waals surface area contributed by atoms with Crippen LogP contribution >= 0.6 is 0 Å². The van der Waals surface area contributed by atoms with Gasteiger partial charge < -0.3 is 4.90 Å². The molecule has 2 aromatic rings. The van der Waals surface area contributed by atoms with Crippen LogP contribution in [0.4, 0.5) is 0 Å². The van der Waals surface area contributed by atoms with Crippen molar-refractivity contribution in [2.45, 2.75) is 59.2 Å². The molecule has 0 unspecified atom stereocenters. The molecule has 0 radical (unpaired) electrons. The van der Waals surface area contributed by atoms with Crippen LogP contribution in [0.5, 0.6) is 0 Å².